The highest BCUT2D eigenvalue weighted by Gasteiger charge is 2.25. The Kier molecular flexibility index (Phi) is 5.67. The number of nitrogens with zero attached hydrogens (tertiary/aromatic N) is 4. The Morgan fingerprint density at radius 3 is 2.50 bits per heavy atom. The number of rotatable bonds is 3. The van der Waals surface area contributed by atoms with E-state index in [-0.39, 0.29) is 17.4 Å². The summed E-state index contributed by atoms with van der Waals surface area (Å²) in [6.07, 6.45) is 1.47. The number of aromatic nitrogens is 2. The highest BCUT2D eigenvalue weighted by molar-refractivity contribution is 5.75. The van der Waals surface area contributed by atoms with E-state index in [2.05, 4.69) is 20.2 Å². The molecule has 2 heterocycles. The first-order chi connectivity index (χ1) is 13.3. The number of benzene rings is 1. The summed E-state index contributed by atoms with van der Waals surface area (Å²) in [5, 5.41) is 2.99. The SMILES string of the molecule is COc1ccc(F)cc1-c1cc(N2CCN(C(=O)NC(C)(C)C)CC2)ncn1. The van der Waals surface area contributed by atoms with Gasteiger partial charge in [0, 0.05) is 43.3 Å². The minimum Gasteiger partial charge on any atom is -0.496 e. The van der Waals surface area contributed by atoms with Crippen molar-refractivity contribution in [1.29, 1.82) is 0 Å². The zero-order valence-corrected chi connectivity index (χ0v) is 16.7. The van der Waals surface area contributed by atoms with Crippen LogP contribution in [-0.4, -0.2) is 59.7 Å². The molecule has 1 saturated heterocycles. The van der Waals surface area contributed by atoms with Crippen molar-refractivity contribution in [2.24, 2.45) is 0 Å². The predicted molar refractivity (Wildman–Crippen MR) is 106 cm³/mol. The van der Waals surface area contributed by atoms with E-state index in [1.54, 1.807) is 18.1 Å². The van der Waals surface area contributed by atoms with Gasteiger partial charge in [0.15, 0.2) is 0 Å². The van der Waals surface area contributed by atoms with Gasteiger partial charge in [-0.1, -0.05) is 0 Å². The van der Waals surface area contributed by atoms with Crippen molar-refractivity contribution in [1.82, 2.24) is 20.2 Å². The molecule has 8 heteroatoms. The first kappa shape index (κ1) is 19.9. The van der Waals surface area contributed by atoms with Crippen LogP contribution in [0.5, 0.6) is 5.75 Å². The molecule has 1 fully saturated rings. The molecule has 0 radical (unpaired) electrons. The predicted octanol–water partition coefficient (Wildman–Crippen LogP) is 2.92. The minimum absolute atomic E-state index is 0.0555. The number of amides is 2. The molecule has 150 valence electrons. The summed E-state index contributed by atoms with van der Waals surface area (Å²) >= 11 is 0. The maximum atomic E-state index is 13.7. The third kappa shape index (κ3) is 4.68. The van der Waals surface area contributed by atoms with Crippen molar-refractivity contribution in [2.75, 3.05) is 38.2 Å². The molecular weight excluding hydrogens is 361 g/mol. The lowest BCUT2D eigenvalue weighted by molar-refractivity contribution is 0.185. The Morgan fingerprint density at radius 2 is 1.86 bits per heavy atom. The molecule has 2 aromatic rings. The van der Waals surface area contributed by atoms with Gasteiger partial charge in [0.25, 0.3) is 0 Å². The van der Waals surface area contributed by atoms with Gasteiger partial charge >= 0.3 is 6.03 Å². The van der Waals surface area contributed by atoms with E-state index in [0.29, 0.717) is 43.2 Å². The summed E-state index contributed by atoms with van der Waals surface area (Å²) in [7, 11) is 1.54. The van der Waals surface area contributed by atoms with Gasteiger partial charge in [-0.05, 0) is 39.0 Å². The maximum absolute atomic E-state index is 13.7. The fourth-order valence-corrected chi connectivity index (χ4v) is 3.09. The van der Waals surface area contributed by atoms with E-state index in [4.69, 9.17) is 4.74 Å². The topological polar surface area (TPSA) is 70.6 Å². The number of methoxy groups -OCH3 is 1. The highest BCUT2D eigenvalue weighted by Crippen LogP contribution is 2.30. The monoisotopic (exact) mass is 387 g/mol. The van der Waals surface area contributed by atoms with Gasteiger partial charge in [-0.15, -0.1) is 0 Å². The number of anilines is 1. The molecule has 1 aromatic carbocycles. The summed E-state index contributed by atoms with van der Waals surface area (Å²) in [6.45, 7) is 8.41. The second-order valence-electron chi connectivity index (χ2n) is 7.76. The second-order valence-corrected chi connectivity index (χ2v) is 7.76. The molecule has 0 bridgehead atoms. The number of urea groups is 1. The first-order valence-corrected chi connectivity index (χ1v) is 9.25. The van der Waals surface area contributed by atoms with E-state index in [9.17, 15) is 9.18 Å². The fraction of sp³-hybridized carbons (Fsp3) is 0.450. The lowest BCUT2D eigenvalue weighted by Gasteiger charge is -2.36. The van der Waals surface area contributed by atoms with Gasteiger partial charge in [0.05, 0.1) is 12.8 Å². The molecule has 2 amide bonds. The zero-order valence-electron chi connectivity index (χ0n) is 16.7. The summed E-state index contributed by atoms with van der Waals surface area (Å²) in [5.41, 5.74) is 0.906. The molecular formula is C20H26FN5O2. The van der Waals surface area contributed by atoms with Gasteiger partial charge in [0.1, 0.15) is 23.7 Å². The third-order valence-electron chi connectivity index (χ3n) is 4.46. The van der Waals surface area contributed by atoms with Crippen LogP contribution in [0.1, 0.15) is 20.8 Å². The Hall–Kier alpha value is -2.90. The number of ether oxygens (including phenoxy) is 1. The van der Waals surface area contributed by atoms with Gasteiger partial charge in [-0.2, -0.15) is 0 Å². The normalized spacial score (nSPS) is 14.8. The highest BCUT2D eigenvalue weighted by atomic mass is 19.1. The van der Waals surface area contributed by atoms with Crippen molar-refractivity contribution in [3.63, 3.8) is 0 Å². The van der Waals surface area contributed by atoms with Crippen LogP contribution in [-0.2, 0) is 0 Å². The van der Waals surface area contributed by atoms with E-state index >= 15 is 0 Å². The summed E-state index contributed by atoms with van der Waals surface area (Å²) in [4.78, 5) is 24.9. The quantitative estimate of drug-likeness (QED) is 0.877. The Balaban J connectivity index is 1.73. The van der Waals surface area contributed by atoms with Crippen LogP contribution in [0, 0.1) is 5.82 Å². The van der Waals surface area contributed by atoms with Crippen molar-refractivity contribution in [3.05, 3.63) is 36.4 Å². The van der Waals surface area contributed by atoms with E-state index in [1.165, 1.54) is 18.5 Å². The molecule has 1 aliphatic rings. The van der Waals surface area contributed by atoms with Crippen LogP contribution in [0.4, 0.5) is 15.0 Å². The number of hydrogen-bond acceptors (Lipinski definition) is 5. The molecule has 0 spiro atoms. The lowest BCUT2D eigenvalue weighted by Crippen LogP contribution is -2.55. The number of nitrogens with one attached hydrogen (secondary N) is 1. The Morgan fingerprint density at radius 1 is 1.14 bits per heavy atom. The molecule has 3 rings (SSSR count). The molecule has 7 nitrogen and oxygen atoms in total. The van der Waals surface area contributed by atoms with Gasteiger partial charge < -0.3 is 19.9 Å². The van der Waals surface area contributed by atoms with Crippen molar-refractivity contribution >= 4 is 11.8 Å². The third-order valence-corrected chi connectivity index (χ3v) is 4.46. The summed E-state index contributed by atoms with van der Waals surface area (Å²) in [6, 6.07) is 6.10. The smallest absolute Gasteiger partial charge is 0.317 e. The van der Waals surface area contributed by atoms with Gasteiger partial charge in [0.2, 0.25) is 0 Å². The van der Waals surface area contributed by atoms with Crippen LogP contribution in [0.15, 0.2) is 30.6 Å². The number of piperazine rings is 1. The van der Waals surface area contributed by atoms with Gasteiger partial charge in [-0.3, -0.25) is 0 Å². The number of hydrogen-bond donors (Lipinski definition) is 1. The molecule has 0 unspecified atom stereocenters. The average molecular weight is 387 g/mol. The summed E-state index contributed by atoms with van der Waals surface area (Å²) < 4.78 is 19.0. The van der Waals surface area contributed by atoms with Crippen LogP contribution in [0.25, 0.3) is 11.3 Å². The maximum Gasteiger partial charge on any atom is 0.317 e. The summed E-state index contributed by atoms with van der Waals surface area (Å²) in [5.74, 6) is 0.941. The van der Waals surface area contributed by atoms with Crippen LogP contribution >= 0.6 is 0 Å². The van der Waals surface area contributed by atoms with Crippen LogP contribution in [0.2, 0.25) is 0 Å². The molecule has 0 aliphatic carbocycles. The fourth-order valence-electron chi connectivity index (χ4n) is 3.09. The number of carbonyl (C=O) groups is 1. The zero-order chi connectivity index (χ0) is 20.3. The average Bonchev–Trinajstić information content (AvgIpc) is 2.67. The van der Waals surface area contributed by atoms with Crippen LogP contribution < -0.4 is 15.0 Å². The second kappa shape index (κ2) is 8.00. The molecule has 0 atom stereocenters. The largest absolute Gasteiger partial charge is 0.496 e. The van der Waals surface area contributed by atoms with Crippen molar-refractivity contribution in [3.8, 4) is 17.0 Å². The molecule has 0 saturated carbocycles. The first-order valence-electron chi connectivity index (χ1n) is 9.25. The standard InChI is InChI=1S/C20H26FN5O2/c1-20(2,3)24-19(27)26-9-7-25(8-10-26)18-12-16(22-13-23-18)15-11-14(21)5-6-17(15)28-4/h5-6,11-13H,7-10H2,1-4H3,(H,24,27). The van der Waals surface area contributed by atoms with E-state index in [1.807, 2.05) is 26.8 Å². The van der Waals surface area contributed by atoms with Crippen molar-refractivity contribution < 1.29 is 13.9 Å². The Labute approximate surface area is 164 Å². The van der Waals surface area contributed by atoms with Crippen molar-refractivity contribution in [2.45, 2.75) is 26.3 Å². The number of carbonyl (C=O) groups excluding carboxylic acids is 1. The molecule has 1 N–H and O–H groups in total. The van der Waals surface area contributed by atoms with E-state index in [0.717, 1.165) is 5.82 Å². The van der Waals surface area contributed by atoms with Gasteiger partial charge in [-0.25, -0.2) is 19.2 Å². The van der Waals surface area contributed by atoms with E-state index < -0.39 is 0 Å². The molecule has 28 heavy (non-hydrogen) atoms. The Bertz CT molecular complexity index is 845. The minimum atomic E-state index is -0.352. The lowest BCUT2D eigenvalue weighted by atomic mass is 10.1. The molecule has 1 aromatic heterocycles. The number of halogens is 1. The van der Waals surface area contributed by atoms with Crippen LogP contribution in [0.3, 0.4) is 0 Å². The molecule has 1 aliphatic heterocycles.